The van der Waals surface area contributed by atoms with Crippen molar-refractivity contribution in [3.05, 3.63) is 70.4 Å². The number of carbonyl (C=O) groups excluding carboxylic acids is 1. The number of rotatable bonds is 2. The third-order valence-corrected chi connectivity index (χ3v) is 4.07. The SMILES string of the molecule is Cc1c(C(=O)c2ccccc2Cl)c2ccccc2n1C. The zero-order valence-corrected chi connectivity index (χ0v) is 12.1. The second-order valence-electron chi connectivity index (χ2n) is 4.85. The molecule has 0 saturated heterocycles. The lowest BCUT2D eigenvalue weighted by Crippen LogP contribution is -2.04. The summed E-state index contributed by atoms with van der Waals surface area (Å²) in [7, 11) is 1.97. The molecule has 3 rings (SSSR count). The maximum absolute atomic E-state index is 12.8. The van der Waals surface area contributed by atoms with Gasteiger partial charge < -0.3 is 4.57 Å². The molecule has 0 aliphatic carbocycles. The summed E-state index contributed by atoms with van der Waals surface area (Å²) in [5.41, 5.74) is 3.29. The van der Waals surface area contributed by atoms with Gasteiger partial charge in [-0.1, -0.05) is 41.9 Å². The van der Waals surface area contributed by atoms with Crippen LogP contribution in [0.2, 0.25) is 5.02 Å². The van der Waals surface area contributed by atoms with Crippen molar-refractivity contribution in [1.29, 1.82) is 0 Å². The monoisotopic (exact) mass is 283 g/mol. The highest BCUT2D eigenvalue weighted by atomic mass is 35.5. The van der Waals surface area contributed by atoms with Gasteiger partial charge in [0.05, 0.1) is 10.6 Å². The molecule has 0 unspecified atom stereocenters. The molecule has 1 aromatic heterocycles. The quantitative estimate of drug-likeness (QED) is 0.640. The summed E-state index contributed by atoms with van der Waals surface area (Å²) in [5, 5.41) is 1.46. The molecule has 2 aromatic carbocycles. The summed E-state index contributed by atoms with van der Waals surface area (Å²) in [4.78, 5) is 12.8. The van der Waals surface area contributed by atoms with Gasteiger partial charge in [0, 0.05) is 29.2 Å². The minimum atomic E-state index is -0.0232. The van der Waals surface area contributed by atoms with Crippen LogP contribution in [0, 0.1) is 6.92 Å². The Kier molecular flexibility index (Phi) is 3.11. The van der Waals surface area contributed by atoms with E-state index in [4.69, 9.17) is 11.6 Å². The van der Waals surface area contributed by atoms with E-state index in [1.54, 1.807) is 12.1 Å². The van der Waals surface area contributed by atoms with E-state index < -0.39 is 0 Å². The average molecular weight is 284 g/mol. The zero-order chi connectivity index (χ0) is 14.3. The second kappa shape index (κ2) is 4.80. The van der Waals surface area contributed by atoms with Gasteiger partial charge in [-0.15, -0.1) is 0 Å². The molecule has 3 heteroatoms. The molecule has 0 bridgehead atoms. The van der Waals surface area contributed by atoms with Crippen molar-refractivity contribution in [2.75, 3.05) is 0 Å². The summed E-state index contributed by atoms with van der Waals surface area (Å²) in [6.45, 7) is 1.96. The molecule has 0 aliphatic rings. The molecule has 0 fully saturated rings. The number of aromatic nitrogens is 1. The maximum Gasteiger partial charge on any atom is 0.196 e. The van der Waals surface area contributed by atoms with E-state index in [2.05, 4.69) is 0 Å². The van der Waals surface area contributed by atoms with E-state index >= 15 is 0 Å². The molecule has 0 aliphatic heterocycles. The highest BCUT2D eigenvalue weighted by molar-refractivity contribution is 6.35. The van der Waals surface area contributed by atoms with Gasteiger partial charge in [-0.05, 0) is 25.1 Å². The summed E-state index contributed by atoms with van der Waals surface area (Å²) in [5.74, 6) is -0.0232. The number of hydrogen-bond donors (Lipinski definition) is 0. The van der Waals surface area contributed by atoms with Gasteiger partial charge in [-0.25, -0.2) is 0 Å². The van der Waals surface area contributed by atoms with Gasteiger partial charge >= 0.3 is 0 Å². The minimum absolute atomic E-state index is 0.0232. The first-order valence-electron chi connectivity index (χ1n) is 6.44. The largest absolute Gasteiger partial charge is 0.347 e. The average Bonchev–Trinajstić information content (AvgIpc) is 2.71. The number of halogens is 1. The number of fused-ring (bicyclic) bond motifs is 1. The molecule has 3 aromatic rings. The van der Waals surface area contributed by atoms with Crippen LogP contribution in [0.3, 0.4) is 0 Å². The Hall–Kier alpha value is -2.06. The number of hydrogen-bond acceptors (Lipinski definition) is 1. The minimum Gasteiger partial charge on any atom is -0.347 e. The topological polar surface area (TPSA) is 22.0 Å². The van der Waals surface area contributed by atoms with Gasteiger partial charge in [0.15, 0.2) is 5.78 Å². The molecule has 0 amide bonds. The Labute approximate surface area is 122 Å². The Morgan fingerprint density at radius 3 is 2.45 bits per heavy atom. The highest BCUT2D eigenvalue weighted by Crippen LogP contribution is 2.28. The van der Waals surface area contributed by atoms with Gasteiger partial charge in [0.1, 0.15) is 0 Å². The van der Waals surface area contributed by atoms with E-state index in [1.807, 2.05) is 54.9 Å². The van der Waals surface area contributed by atoms with E-state index in [-0.39, 0.29) is 5.78 Å². The lowest BCUT2D eigenvalue weighted by atomic mass is 10.0. The van der Waals surface area contributed by atoms with Crippen LogP contribution in [0.25, 0.3) is 10.9 Å². The Morgan fingerprint density at radius 2 is 1.70 bits per heavy atom. The van der Waals surface area contributed by atoms with Crippen LogP contribution in [0.15, 0.2) is 48.5 Å². The van der Waals surface area contributed by atoms with Crippen LogP contribution in [-0.2, 0) is 7.05 Å². The first kappa shape index (κ1) is 12.9. The lowest BCUT2D eigenvalue weighted by Gasteiger charge is -2.04. The van der Waals surface area contributed by atoms with E-state index in [9.17, 15) is 4.79 Å². The molecule has 100 valence electrons. The number of para-hydroxylation sites is 1. The van der Waals surface area contributed by atoms with Crippen molar-refractivity contribution in [2.45, 2.75) is 6.92 Å². The van der Waals surface area contributed by atoms with Crippen LogP contribution < -0.4 is 0 Å². The fourth-order valence-electron chi connectivity index (χ4n) is 2.59. The van der Waals surface area contributed by atoms with Crippen LogP contribution in [0.5, 0.6) is 0 Å². The van der Waals surface area contributed by atoms with Gasteiger partial charge in [0.25, 0.3) is 0 Å². The molecule has 0 spiro atoms. The van der Waals surface area contributed by atoms with Crippen molar-refractivity contribution in [3.8, 4) is 0 Å². The normalized spacial score (nSPS) is 10.9. The van der Waals surface area contributed by atoms with E-state index in [0.29, 0.717) is 10.6 Å². The van der Waals surface area contributed by atoms with Crippen molar-refractivity contribution < 1.29 is 4.79 Å². The van der Waals surface area contributed by atoms with Gasteiger partial charge in [0.2, 0.25) is 0 Å². The number of ketones is 1. The van der Waals surface area contributed by atoms with Crippen LogP contribution >= 0.6 is 11.6 Å². The van der Waals surface area contributed by atoms with Crippen molar-refractivity contribution in [3.63, 3.8) is 0 Å². The molecule has 0 N–H and O–H groups in total. The van der Waals surface area contributed by atoms with Crippen LogP contribution in [0.4, 0.5) is 0 Å². The highest BCUT2D eigenvalue weighted by Gasteiger charge is 2.20. The summed E-state index contributed by atoms with van der Waals surface area (Å²) in [6, 6.07) is 15.1. The van der Waals surface area contributed by atoms with Crippen LogP contribution in [0.1, 0.15) is 21.6 Å². The molecule has 0 atom stereocenters. The van der Waals surface area contributed by atoms with Crippen molar-refractivity contribution in [1.82, 2.24) is 4.57 Å². The standard InChI is InChI=1S/C17H14ClNO/c1-11-16(13-8-4-6-10-15(13)19(11)2)17(20)12-7-3-5-9-14(12)18/h3-10H,1-2H3. The van der Waals surface area contributed by atoms with Crippen molar-refractivity contribution >= 4 is 28.3 Å². The Bertz CT molecular complexity index is 817. The number of nitrogens with zero attached hydrogens (tertiary/aromatic N) is 1. The summed E-state index contributed by atoms with van der Waals surface area (Å²) >= 11 is 6.15. The third kappa shape index (κ3) is 1.84. The predicted molar refractivity (Wildman–Crippen MR) is 82.5 cm³/mol. The number of carbonyl (C=O) groups is 1. The fourth-order valence-corrected chi connectivity index (χ4v) is 2.81. The smallest absolute Gasteiger partial charge is 0.196 e. The van der Waals surface area contributed by atoms with Gasteiger partial charge in [-0.2, -0.15) is 0 Å². The molecule has 2 nitrogen and oxygen atoms in total. The zero-order valence-electron chi connectivity index (χ0n) is 11.4. The number of aryl methyl sites for hydroxylation is 1. The first-order valence-corrected chi connectivity index (χ1v) is 6.82. The molecule has 1 heterocycles. The second-order valence-corrected chi connectivity index (χ2v) is 5.25. The molecular formula is C17H14ClNO. The fraction of sp³-hybridized carbons (Fsp3) is 0.118. The predicted octanol–water partition coefficient (Wildman–Crippen LogP) is 4.37. The lowest BCUT2D eigenvalue weighted by molar-refractivity contribution is 0.103. The Morgan fingerprint density at radius 1 is 1.05 bits per heavy atom. The van der Waals surface area contributed by atoms with Gasteiger partial charge in [-0.3, -0.25) is 4.79 Å². The third-order valence-electron chi connectivity index (χ3n) is 3.75. The molecule has 0 radical (unpaired) electrons. The van der Waals surface area contributed by atoms with E-state index in [0.717, 1.165) is 22.2 Å². The molecule has 20 heavy (non-hydrogen) atoms. The molecular weight excluding hydrogens is 270 g/mol. The molecule has 0 saturated carbocycles. The first-order chi connectivity index (χ1) is 9.61. The van der Waals surface area contributed by atoms with Crippen molar-refractivity contribution in [2.24, 2.45) is 7.05 Å². The summed E-state index contributed by atoms with van der Waals surface area (Å²) in [6.07, 6.45) is 0. The maximum atomic E-state index is 12.8. The van der Waals surface area contributed by atoms with E-state index in [1.165, 1.54) is 0 Å². The number of benzene rings is 2. The Balaban J connectivity index is 2.28. The summed E-state index contributed by atoms with van der Waals surface area (Å²) < 4.78 is 2.04. The van der Waals surface area contributed by atoms with Crippen LogP contribution in [-0.4, -0.2) is 10.4 Å².